The summed E-state index contributed by atoms with van der Waals surface area (Å²) in [6.07, 6.45) is 3.68. The summed E-state index contributed by atoms with van der Waals surface area (Å²) in [6.45, 7) is 4.03. The lowest BCUT2D eigenvalue weighted by Gasteiger charge is -2.23. The molecule has 5 heteroatoms. The molecular formula is C31H25NO4. The van der Waals surface area contributed by atoms with Crippen LogP contribution in [0.4, 0.5) is 5.69 Å². The molecule has 4 aromatic rings. The van der Waals surface area contributed by atoms with Crippen molar-refractivity contribution >= 4 is 29.3 Å². The monoisotopic (exact) mass is 475 g/mol. The maximum absolute atomic E-state index is 13.7. The Morgan fingerprint density at radius 2 is 1.64 bits per heavy atom. The summed E-state index contributed by atoms with van der Waals surface area (Å²) in [5, 5.41) is 0. The van der Waals surface area contributed by atoms with Crippen LogP contribution < -0.4 is 4.90 Å². The molecule has 0 N–H and O–H groups in total. The van der Waals surface area contributed by atoms with Gasteiger partial charge in [-0.3, -0.25) is 9.69 Å². The minimum Gasteiger partial charge on any atom is -0.465 e. The van der Waals surface area contributed by atoms with E-state index in [9.17, 15) is 9.59 Å². The highest BCUT2D eigenvalue weighted by atomic mass is 16.5. The number of carbonyl (C=O) groups excluding carboxylic acids is 2. The predicted molar refractivity (Wildman–Crippen MR) is 141 cm³/mol. The van der Waals surface area contributed by atoms with Crippen LogP contribution in [-0.4, -0.2) is 19.0 Å². The molecule has 0 aliphatic carbocycles. The minimum atomic E-state index is -0.388. The van der Waals surface area contributed by atoms with Crippen molar-refractivity contribution in [2.75, 3.05) is 12.0 Å². The third kappa shape index (κ3) is 4.39. The third-order valence-corrected chi connectivity index (χ3v) is 6.17. The quantitative estimate of drug-likeness (QED) is 0.235. The molecule has 0 saturated heterocycles. The molecule has 0 unspecified atom stereocenters. The Labute approximate surface area is 209 Å². The lowest BCUT2D eigenvalue weighted by Crippen LogP contribution is -2.25. The number of furan rings is 1. The van der Waals surface area contributed by atoms with Gasteiger partial charge in [-0.1, -0.05) is 54.6 Å². The molecule has 3 aromatic carbocycles. The second-order valence-electron chi connectivity index (χ2n) is 8.70. The number of aryl methyl sites for hydroxylation is 2. The van der Waals surface area contributed by atoms with E-state index in [1.165, 1.54) is 7.11 Å². The summed E-state index contributed by atoms with van der Waals surface area (Å²) in [5.41, 5.74) is 6.59. The molecule has 0 radical (unpaired) electrons. The van der Waals surface area contributed by atoms with Gasteiger partial charge in [0.05, 0.1) is 24.1 Å². The molecule has 36 heavy (non-hydrogen) atoms. The molecule has 1 aromatic heterocycles. The first-order chi connectivity index (χ1) is 17.4. The van der Waals surface area contributed by atoms with Gasteiger partial charge in [0.2, 0.25) is 0 Å². The van der Waals surface area contributed by atoms with Gasteiger partial charge in [0, 0.05) is 11.1 Å². The Balaban J connectivity index is 1.51. The highest BCUT2D eigenvalue weighted by molar-refractivity contribution is 6.23. The van der Waals surface area contributed by atoms with Crippen LogP contribution in [-0.2, 0) is 9.53 Å². The summed E-state index contributed by atoms with van der Waals surface area (Å²) in [4.78, 5) is 27.2. The van der Waals surface area contributed by atoms with Crippen molar-refractivity contribution in [2.24, 2.45) is 0 Å². The number of anilines is 1. The van der Waals surface area contributed by atoms with Crippen LogP contribution in [0.15, 0.2) is 101 Å². The van der Waals surface area contributed by atoms with Gasteiger partial charge in [-0.25, -0.2) is 4.79 Å². The number of carbonyl (C=O) groups is 2. The SMILES string of the molecule is COC(=O)c1ccc(-c2ccc(/C=C3\C=C(c4ccccc4)N(c4cc(C)ccc4C)C3=O)o2)cc1. The van der Waals surface area contributed by atoms with Gasteiger partial charge in [0.15, 0.2) is 0 Å². The Morgan fingerprint density at radius 1 is 0.889 bits per heavy atom. The van der Waals surface area contributed by atoms with Crippen LogP contribution in [0.25, 0.3) is 23.1 Å². The number of nitrogens with zero attached hydrogens (tertiary/aromatic N) is 1. The van der Waals surface area contributed by atoms with Gasteiger partial charge in [0.1, 0.15) is 11.5 Å². The first-order valence-corrected chi connectivity index (χ1v) is 11.6. The average Bonchev–Trinajstić information content (AvgIpc) is 3.50. The average molecular weight is 476 g/mol. The van der Waals surface area contributed by atoms with Crippen molar-refractivity contribution in [1.82, 2.24) is 0 Å². The summed E-state index contributed by atoms with van der Waals surface area (Å²) < 4.78 is 10.8. The molecule has 1 aliphatic heterocycles. The summed E-state index contributed by atoms with van der Waals surface area (Å²) in [7, 11) is 1.35. The van der Waals surface area contributed by atoms with Crippen molar-refractivity contribution in [3.63, 3.8) is 0 Å². The number of benzene rings is 3. The van der Waals surface area contributed by atoms with Gasteiger partial charge in [-0.05, 0) is 73.0 Å². The van der Waals surface area contributed by atoms with Crippen LogP contribution in [0, 0.1) is 13.8 Å². The Bertz CT molecular complexity index is 1510. The van der Waals surface area contributed by atoms with E-state index in [0.29, 0.717) is 22.7 Å². The van der Waals surface area contributed by atoms with Crippen molar-refractivity contribution < 1.29 is 18.7 Å². The highest BCUT2D eigenvalue weighted by Crippen LogP contribution is 2.37. The smallest absolute Gasteiger partial charge is 0.337 e. The van der Waals surface area contributed by atoms with E-state index in [2.05, 4.69) is 0 Å². The standard InChI is InChI=1S/C31H25NO4/c1-20-9-10-21(2)27(17-20)32-28(22-7-5-4-6-8-22)19-25(30(32)33)18-26-15-16-29(36-26)23-11-13-24(14-12-23)31(34)35-3/h4-19H,1-3H3/b25-18+. The summed E-state index contributed by atoms with van der Waals surface area (Å²) in [6, 6.07) is 26.7. The molecule has 1 amide bonds. The molecule has 5 nitrogen and oxygen atoms in total. The Kier molecular flexibility index (Phi) is 6.13. The molecule has 5 rings (SSSR count). The van der Waals surface area contributed by atoms with Gasteiger partial charge >= 0.3 is 5.97 Å². The zero-order valence-corrected chi connectivity index (χ0v) is 20.3. The maximum Gasteiger partial charge on any atom is 0.337 e. The van der Waals surface area contributed by atoms with Crippen molar-refractivity contribution in [1.29, 1.82) is 0 Å². The molecule has 0 spiro atoms. The molecule has 0 atom stereocenters. The molecule has 0 fully saturated rings. The zero-order chi connectivity index (χ0) is 25.2. The maximum atomic E-state index is 13.7. The van der Waals surface area contributed by atoms with Crippen molar-refractivity contribution in [3.05, 3.63) is 125 Å². The number of amides is 1. The number of methoxy groups -OCH3 is 1. The van der Waals surface area contributed by atoms with Crippen LogP contribution >= 0.6 is 0 Å². The number of ether oxygens (including phenoxy) is 1. The topological polar surface area (TPSA) is 59.8 Å². The van der Waals surface area contributed by atoms with E-state index in [1.807, 2.05) is 80.6 Å². The number of rotatable bonds is 5. The van der Waals surface area contributed by atoms with Crippen LogP contribution in [0.3, 0.4) is 0 Å². The second-order valence-corrected chi connectivity index (χ2v) is 8.70. The largest absolute Gasteiger partial charge is 0.465 e. The summed E-state index contributed by atoms with van der Waals surface area (Å²) in [5.74, 6) is 0.711. The number of esters is 1. The fourth-order valence-corrected chi connectivity index (χ4v) is 4.26. The van der Waals surface area contributed by atoms with E-state index < -0.39 is 0 Å². The van der Waals surface area contributed by atoms with Gasteiger partial charge in [0.25, 0.3) is 5.91 Å². The fraction of sp³-hybridized carbons (Fsp3) is 0.0968. The van der Waals surface area contributed by atoms with E-state index in [4.69, 9.17) is 9.15 Å². The fourth-order valence-electron chi connectivity index (χ4n) is 4.26. The van der Waals surface area contributed by atoms with Gasteiger partial charge < -0.3 is 9.15 Å². The van der Waals surface area contributed by atoms with Gasteiger partial charge in [-0.2, -0.15) is 0 Å². The van der Waals surface area contributed by atoms with E-state index in [-0.39, 0.29) is 11.9 Å². The lowest BCUT2D eigenvalue weighted by molar-refractivity contribution is -0.113. The Hall–Kier alpha value is -4.64. The van der Waals surface area contributed by atoms with E-state index in [1.54, 1.807) is 35.2 Å². The molecule has 1 aliphatic rings. The normalized spacial score (nSPS) is 14.3. The minimum absolute atomic E-state index is 0.108. The molecule has 178 valence electrons. The molecule has 2 heterocycles. The van der Waals surface area contributed by atoms with E-state index in [0.717, 1.165) is 33.6 Å². The number of hydrogen-bond donors (Lipinski definition) is 0. The van der Waals surface area contributed by atoms with Crippen LogP contribution in [0.1, 0.15) is 32.8 Å². The predicted octanol–water partition coefficient (Wildman–Crippen LogP) is 6.82. The Morgan fingerprint density at radius 3 is 2.36 bits per heavy atom. The van der Waals surface area contributed by atoms with Gasteiger partial charge in [-0.15, -0.1) is 0 Å². The first-order valence-electron chi connectivity index (χ1n) is 11.6. The zero-order valence-electron chi connectivity index (χ0n) is 20.3. The lowest BCUT2D eigenvalue weighted by atomic mass is 10.1. The van der Waals surface area contributed by atoms with Crippen LogP contribution in [0.2, 0.25) is 0 Å². The van der Waals surface area contributed by atoms with Crippen LogP contribution in [0.5, 0.6) is 0 Å². The molecule has 0 saturated carbocycles. The molecular weight excluding hydrogens is 450 g/mol. The van der Waals surface area contributed by atoms with E-state index >= 15 is 0 Å². The van der Waals surface area contributed by atoms with Crippen molar-refractivity contribution in [2.45, 2.75) is 13.8 Å². The van der Waals surface area contributed by atoms with Crippen molar-refractivity contribution in [3.8, 4) is 11.3 Å². The summed E-state index contributed by atoms with van der Waals surface area (Å²) >= 11 is 0. The molecule has 0 bridgehead atoms. The highest BCUT2D eigenvalue weighted by Gasteiger charge is 2.31. The first kappa shape index (κ1) is 23.1. The number of hydrogen-bond acceptors (Lipinski definition) is 4. The second kappa shape index (κ2) is 9.55. The third-order valence-electron chi connectivity index (χ3n) is 6.17.